The summed E-state index contributed by atoms with van der Waals surface area (Å²) >= 11 is 1.09. The predicted octanol–water partition coefficient (Wildman–Crippen LogP) is 6.12. The first-order valence-electron chi connectivity index (χ1n) is 15.8. The largest absolute Gasteiger partial charge is 0.457 e. The van der Waals surface area contributed by atoms with Gasteiger partial charge in [0.25, 0.3) is 0 Å². The number of hydrogen-bond donors (Lipinski definition) is 3. The number of aliphatic hydroxyl groups is 2. The fourth-order valence-corrected chi connectivity index (χ4v) is 10.1. The van der Waals surface area contributed by atoms with Crippen molar-refractivity contribution >= 4 is 34.2 Å². The van der Waals surface area contributed by atoms with Crippen LogP contribution in [0.3, 0.4) is 0 Å². The fraction of sp³-hybridized carbons (Fsp3) is 0.514. The summed E-state index contributed by atoms with van der Waals surface area (Å²) in [5.74, 6) is -0.528. The van der Waals surface area contributed by atoms with Crippen LogP contribution in [0.15, 0.2) is 75.5 Å². The molecular weight excluding hydrogens is 595 g/mol. The molecule has 3 unspecified atom stereocenters. The number of thioether (sulfide) groups is 1. The second-order valence-corrected chi connectivity index (χ2v) is 14.5. The molecule has 3 saturated carbocycles. The maximum absolute atomic E-state index is 14.1. The molecule has 0 saturated heterocycles. The first kappa shape index (κ1) is 31.8. The number of fused-ring (bicyclic) bond motifs is 5. The molecule has 45 heavy (non-hydrogen) atoms. The Kier molecular flexibility index (Phi) is 8.60. The highest BCUT2D eigenvalue weighted by Gasteiger charge is 2.70. The predicted molar refractivity (Wildman–Crippen MR) is 170 cm³/mol. The lowest BCUT2D eigenvalue weighted by Crippen LogP contribution is -2.62. The Labute approximate surface area is 267 Å². The number of allylic oxidation sites excluding steroid dienone is 3. The Morgan fingerprint density at radius 1 is 1.22 bits per heavy atom. The first-order valence-corrected chi connectivity index (χ1v) is 16.7. The van der Waals surface area contributed by atoms with Gasteiger partial charge in [0.1, 0.15) is 5.82 Å². The number of rotatable bonds is 7. The average Bonchev–Trinajstić information content (AvgIpc) is 3.65. The van der Waals surface area contributed by atoms with Crippen LogP contribution in [0.1, 0.15) is 69.3 Å². The molecule has 0 radical (unpaired) electrons. The lowest BCUT2D eigenvalue weighted by molar-refractivity contribution is -0.175. The van der Waals surface area contributed by atoms with E-state index in [1.807, 2.05) is 6.92 Å². The van der Waals surface area contributed by atoms with Crippen molar-refractivity contribution in [2.45, 2.75) is 70.5 Å². The Hall–Kier alpha value is -3.21. The van der Waals surface area contributed by atoms with Gasteiger partial charge in [0.15, 0.2) is 5.60 Å². The fourth-order valence-electron chi connectivity index (χ4n) is 9.07. The molecule has 2 aromatic rings. The zero-order valence-electron chi connectivity index (χ0n) is 25.7. The molecule has 10 heteroatoms. The standard InChI is InChI=1S/C35H41FN2O6S/c1-33-18-21(20-37)27(38-24-9-7-23(36)8-10-24)17-22(33)6-11-25-26-12-13-35(32(42)45-16-4-14-39,34(26,2)19-28(40)30(25)33)44-31(41)29-5-3-15-43-29/h3,5,7-10,15,17,20,25-26,28,30,39-40H,4,6,11-14,16,18-19,37H2,1-2H3/t25-,26?,28?,30?,33-,34-,35-/m0/s1. The van der Waals surface area contributed by atoms with Crippen LogP contribution in [0, 0.1) is 34.4 Å². The quantitative estimate of drug-likeness (QED) is 0.245. The van der Waals surface area contributed by atoms with Gasteiger partial charge in [0.2, 0.25) is 10.9 Å². The lowest BCUT2D eigenvalue weighted by atomic mass is 9.45. The third-order valence-electron chi connectivity index (χ3n) is 11.1. The summed E-state index contributed by atoms with van der Waals surface area (Å²) in [6.45, 7) is 4.18. The highest BCUT2D eigenvalue weighted by atomic mass is 32.2. The van der Waals surface area contributed by atoms with Gasteiger partial charge in [0.05, 0.1) is 23.8 Å². The third kappa shape index (κ3) is 5.28. The molecule has 1 heterocycles. The van der Waals surface area contributed by atoms with Crippen LogP contribution in [0.2, 0.25) is 0 Å². The highest BCUT2D eigenvalue weighted by Crippen LogP contribution is 2.69. The minimum absolute atomic E-state index is 0.0326. The summed E-state index contributed by atoms with van der Waals surface area (Å²) in [5.41, 5.74) is 7.02. The van der Waals surface area contributed by atoms with E-state index in [4.69, 9.17) is 19.9 Å². The summed E-state index contributed by atoms with van der Waals surface area (Å²) in [7, 11) is 0. The second kappa shape index (κ2) is 12.2. The van der Waals surface area contributed by atoms with Crippen LogP contribution in [0.4, 0.5) is 10.1 Å². The minimum Gasteiger partial charge on any atom is -0.457 e. The summed E-state index contributed by atoms with van der Waals surface area (Å²) in [4.78, 5) is 32.2. The van der Waals surface area contributed by atoms with Gasteiger partial charge in [-0.1, -0.05) is 31.2 Å². The van der Waals surface area contributed by atoms with Crippen molar-refractivity contribution in [1.29, 1.82) is 0 Å². The van der Waals surface area contributed by atoms with Crippen molar-refractivity contribution in [3.63, 3.8) is 0 Å². The van der Waals surface area contributed by atoms with Crippen molar-refractivity contribution in [3.05, 3.63) is 77.7 Å². The van der Waals surface area contributed by atoms with E-state index in [2.05, 4.69) is 13.0 Å². The zero-order valence-corrected chi connectivity index (χ0v) is 26.5. The Balaban J connectivity index is 1.34. The summed E-state index contributed by atoms with van der Waals surface area (Å²) < 4.78 is 25.1. The molecule has 3 fully saturated rings. The molecule has 1 aromatic heterocycles. The van der Waals surface area contributed by atoms with Crippen LogP contribution in [0.25, 0.3) is 0 Å². The average molecular weight is 637 g/mol. The Bertz CT molecular complexity index is 1540. The maximum Gasteiger partial charge on any atom is 0.375 e. The first-order chi connectivity index (χ1) is 21.6. The lowest BCUT2D eigenvalue weighted by Gasteiger charge is -2.60. The highest BCUT2D eigenvalue weighted by molar-refractivity contribution is 8.13. The summed E-state index contributed by atoms with van der Waals surface area (Å²) in [6, 6.07) is 9.17. The van der Waals surface area contributed by atoms with Crippen molar-refractivity contribution in [2.24, 2.45) is 39.3 Å². The van der Waals surface area contributed by atoms with Gasteiger partial charge >= 0.3 is 5.97 Å². The van der Waals surface area contributed by atoms with E-state index in [0.29, 0.717) is 43.5 Å². The number of hydrogen-bond acceptors (Lipinski definition) is 9. The smallest absolute Gasteiger partial charge is 0.375 e. The molecule has 6 rings (SSSR count). The molecule has 0 aliphatic heterocycles. The minimum atomic E-state index is -1.44. The van der Waals surface area contributed by atoms with Crippen molar-refractivity contribution < 1.29 is 33.3 Å². The van der Waals surface area contributed by atoms with Gasteiger partial charge in [-0.05, 0) is 122 Å². The topological polar surface area (TPSA) is 135 Å². The number of halogens is 1. The van der Waals surface area contributed by atoms with E-state index in [1.54, 1.807) is 24.4 Å². The summed E-state index contributed by atoms with van der Waals surface area (Å²) in [5, 5.41) is 21.2. The maximum atomic E-state index is 14.1. The molecular formula is C35H41FN2O6S. The van der Waals surface area contributed by atoms with Gasteiger partial charge in [-0.25, -0.2) is 14.2 Å². The van der Waals surface area contributed by atoms with Crippen LogP contribution in [0.5, 0.6) is 0 Å². The van der Waals surface area contributed by atoms with E-state index >= 15 is 0 Å². The molecule has 1 aromatic carbocycles. The van der Waals surface area contributed by atoms with E-state index < -0.39 is 23.1 Å². The van der Waals surface area contributed by atoms with E-state index in [0.717, 1.165) is 35.9 Å². The Morgan fingerprint density at radius 3 is 2.69 bits per heavy atom. The van der Waals surface area contributed by atoms with Gasteiger partial charge in [-0.2, -0.15) is 0 Å². The van der Waals surface area contributed by atoms with Crippen molar-refractivity contribution in [2.75, 3.05) is 12.4 Å². The molecule has 0 bridgehead atoms. The number of carbonyl (C=O) groups is 2. The number of benzene rings is 1. The Morgan fingerprint density at radius 2 is 2.00 bits per heavy atom. The third-order valence-corrected chi connectivity index (χ3v) is 12.2. The van der Waals surface area contributed by atoms with Crippen LogP contribution in [-0.4, -0.2) is 51.1 Å². The number of aliphatic hydroxyl groups excluding tert-OH is 2. The molecule has 0 amide bonds. The summed E-state index contributed by atoms with van der Waals surface area (Å²) in [6.07, 6.45) is 8.35. The van der Waals surface area contributed by atoms with E-state index in [9.17, 15) is 24.2 Å². The number of aliphatic imine (C=N–C) groups is 1. The van der Waals surface area contributed by atoms with Gasteiger partial charge < -0.3 is 25.1 Å². The number of nitrogens with two attached hydrogens (primary N) is 1. The monoisotopic (exact) mass is 636 g/mol. The molecule has 0 spiro atoms. The van der Waals surface area contributed by atoms with Crippen molar-refractivity contribution in [3.8, 4) is 0 Å². The normalized spacial score (nSPS) is 35.8. The molecule has 4 N–H and O–H groups in total. The number of esters is 1. The van der Waals surface area contributed by atoms with Crippen molar-refractivity contribution in [1.82, 2.24) is 0 Å². The van der Waals surface area contributed by atoms with Gasteiger partial charge in [0, 0.05) is 17.8 Å². The zero-order chi connectivity index (χ0) is 32.0. The molecule has 4 aliphatic rings. The SMILES string of the molecule is C[C@]12CC(=CN)C(=Nc3ccc(F)cc3)C=C1CC[C@@H]1C2C(O)C[C@@]2(C)C1CC[C@]2(OC(=O)c1ccco1)C(=O)SCCCO. The number of nitrogens with zero attached hydrogens (tertiary/aromatic N) is 1. The van der Waals surface area contributed by atoms with E-state index in [-0.39, 0.29) is 46.5 Å². The van der Waals surface area contributed by atoms with E-state index in [1.165, 1.54) is 30.0 Å². The van der Waals surface area contributed by atoms with Crippen LogP contribution in [-0.2, 0) is 9.53 Å². The molecule has 240 valence electrons. The molecule has 4 aliphatic carbocycles. The van der Waals surface area contributed by atoms with Gasteiger partial charge in [-0.15, -0.1) is 0 Å². The van der Waals surface area contributed by atoms with Crippen LogP contribution >= 0.6 is 11.8 Å². The molecule has 7 atom stereocenters. The molecule has 8 nitrogen and oxygen atoms in total. The number of carbonyl (C=O) groups excluding carboxylic acids is 2. The van der Waals surface area contributed by atoms with Gasteiger partial charge in [-0.3, -0.25) is 4.79 Å². The van der Waals surface area contributed by atoms with Crippen LogP contribution < -0.4 is 5.73 Å². The number of ether oxygens (including phenoxy) is 1. The second-order valence-electron chi connectivity index (χ2n) is 13.4. The number of furan rings is 1.